The van der Waals surface area contributed by atoms with Crippen molar-refractivity contribution in [1.82, 2.24) is 5.32 Å². The maximum atomic E-state index is 11.8. The molecule has 1 heterocycles. The van der Waals surface area contributed by atoms with Gasteiger partial charge in [0.15, 0.2) is 0 Å². The molecule has 1 aromatic carbocycles. The zero-order valence-corrected chi connectivity index (χ0v) is 13.1. The highest BCUT2D eigenvalue weighted by atomic mass is 32.1. The van der Waals surface area contributed by atoms with Gasteiger partial charge in [-0.05, 0) is 36.9 Å². The number of rotatable bonds is 6. The molecule has 0 aliphatic heterocycles. The zero-order valence-electron chi connectivity index (χ0n) is 12.3. The second-order valence-electron chi connectivity index (χ2n) is 4.75. The summed E-state index contributed by atoms with van der Waals surface area (Å²) in [5, 5.41) is 7.63. The van der Waals surface area contributed by atoms with Crippen LogP contribution in [0.3, 0.4) is 0 Å². The molecular weight excluding hydrogens is 284 g/mol. The molecule has 0 fully saturated rings. The Labute approximate surface area is 129 Å². The standard InChI is InChI=1S/C16H20N2O2S/c1-3-12(2)20-14-7-4-6-13(10-14)18-16(19)17-11-15-8-5-9-21-15/h4-10,12H,3,11H2,1-2H3,(H2,17,18,19). The molecule has 0 saturated carbocycles. The number of benzene rings is 1. The van der Waals surface area contributed by atoms with Gasteiger partial charge in [0.05, 0.1) is 12.6 Å². The molecule has 5 heteroatoms. The van der Waals surface area contributed by atoms with Gasteiger partial charge in [0.25, 0.3) is 0 Å². The van der Waals surface area contributed by atoms with Crippen LogP contribution < -0.4 is 15.4 Å². The third-order valence-corrected chi connectivity index (χ3v) is 3.88. The first-order valence-corrected chi connectivity index (χ1v) is 7.89. The summed E-state index contributed by atoms with van der Waals surface area (Å²) in [6.07, 6.45) is 1.10. The minimum absolute atomic E-state index is 0.160. The number of carbonyl (C=O) groups excluding carboxylic acids is 1. The van der Waals surface area contributed by atoms with Crippen molar-refractivity contribution in [1.29, 1.82) is 0 Å². The van der Waals surface area contributed by atoms with E-state index in [9.17, 15) is 4.79 Å². The van der Waals surface area contributed by atoms with Crippen molar-refractivity contribution in [2.75, 3.05) is 5.32 Å². The zero-order chi connectivity index (χ0) is 15.1. The minimum Gasteiger partial charge on any atom is -0.491 e. The van der Waals surface area contributed by atoms with E-state index >= 15 is 0 Å². The molecule has 4 nitrogen and oxygen atoms in total. The van der Waals surface area contributed by atoms with E-state index in [1.54, 1.807) is 11.3 Å². The van der Waals surface area contributed by atoms with Gasteiger partial charge in [0.2, 0.25) is 0 Å². The van der Waals surface area contributed by atoms with Gasteiger partial charge in [-0.1, -0.05) is 19.1 Å². The number of anilines is 1. The highest BCUT2D eigenvalue weighted by Crippen LogP contribution is 2.19. The summed E-state index contributed by atoms with van der Waals surface area (Å²) in [5.74, 6) is 0.764. The van der Waals surface area contributed by atoms with Gasteiger partial charge in [0, 0.05) is 16.6 Å². The first kappa shape index (κ1) is 15.4. The molecule has 1 unspecified atom stereocenters. The Morgan fingerprint density at radius 3 is 2.90 bits per heavy atom. The van der Waals surface area contributed by atoms with Gasteiger partial charge in [-0.15, -0.1) is 11.3 Å². The smallest absolute Gasteiger partial charge is 0.319 e. The molecule has 2 aromatic rings. The Bertz CT molecular complexity index is 569. The van der Waals surface area contributed by atoms with Crippen LogP contribution in [0.15, 0.2) is 41.8 Å². The van der Waals surface area contributed by atoms with Gasteiger partial charge in [0.1, 0.15) is 5.75 Å². The first-order chi connectivity index (χ1) is 10.2. The molecule has 2 amide bonds. The van der Waals surface area contributed by atoms with Crippen molar-refractivity contribution < 1.29 is 9.53 Å². The van der Waals surface area contributed by atoms with Gasteiger partial charge < -0.3 is 15.4 Å². The molecule has 2 rings (SSSR count). The van der Waals surface area contributed by atoms with Crippen LogP contribution in [0.4, 0.5) is 10.5 Å². The number of nitrogens with one attached hydrogen (secondary N) is 2. The third-order valence-electron chi connectivity index (χ3n) is 3.01. The monoisotopic (exact) mass is 304 g/mol. The molecule has 0 bridgehead atoms. The fraction of sp³-hybridized carbons (Fsp3) is 0.312. The highest BCUT2D eigenvalue weighted by molar-refractivity contribution is 7.09. The van der Waals surface area contributed by atoms with E-state index in [2.05, 4.69) is 17.6 Å². The predicted molar refractivity (Wildman–Crippen MR) is 87.0 cm³/mol. The Kier molecular flexibility index (Phi) is 5.63. The molecule has 112 valence electrons. The van der Waals surface area contributed by atoms with E-state index in [-0.39, 0.29) is 12.1 Å². The van der Waals surface area contributed by atoms with Crippen molar-refractivity contribution in [2.45, 2.75) is 32.9 Å². The number of amides is 2. The fourth-order valence-electron chi connectivity index (χ4n) is 1.72. The molecule has 1 atom stereocenters. The van der Waals surface area contributed by atoms with Crippen molar-refractivity contribution in [2.24, 2.45) is 0 Å². The summed E-state index contributed by atoms with van der Waals surface area (Å²) >= 11 is 1.62. The average molecular weight is 304 g/mol. The number of thiophene rings is 1. The SMILES string of the molecule is CCC(C)Oc1cccc(NC(=O)NCc2cccs2)c1. The Hall–Kier alpha value is -2.01. The van der Waals surface area contributed by atoms with E-state index in [1.165, 1.54) is 0 Å². The van der Waals surface area contributed by atoms with E-state index in [4.69, 9.17) is 4.74 Å². The lowest BCUT2D eigenvalue weighted by Gasteiger charge is -2.13. The highest BCUT2D eigenvalue weighted by Gasteiger charge is 2.05. The van der Waals surface area contributed by atoms with Crippen LogP contribution in [-0.4, -0.2) is 12.1 Å². The summed E-state index contributed by atoms with van der Waals surface area (Å²) in [6.45, 7) is 4.63. The second-order valence-corrected chi connectivity index (χ2v) is 5.78. The van der Waals surface area contributed by atoms with Crippen molar-refractivity contribution in [3.8, 4) is 5.75 Å². The second kappa shape index (κ2) is 7.69. The Balaban J connectivity index is 1.86. The third kappa shape index (κ3) is 5.11. The lowest BCUT2D eigenvalue weighted by molar-refractivity contribution is 0.217. The van der Waals surface area contributed by atoms with Gasteiger partial charge in [-0.3, -0.25) is 0 Å². The van der Waals surface area contributed by atoms with Gasteiger partial charge >= 0.3 is 6.03 Å². The number of urea groups is 1. The number of ether oxygens (including phenoxy) is 1. The molecule has 0 aliphatic rings. The average Bonchev–Trinajstić information content (AvgIpc) is 2.98. The first-order valence-electron chi connectivity index (χ1n) is 7.01. The molecular formula is C16H20N2O2S. The van der Waals surface area contributed by atoms with Crippen LogP contribution in [0.5, 0.6) is 5.75 Å². The predicted octanol–water partition coefficient (Wildman–Crippen LogP) is 4.25. The normalized spacial score (nSPS) is 11.7. The molecule has 21 heavy (non-hydrogen) atoms. The summed E-state index contributed by atoms with van der Waals surface area (Å²) in [7, 11) is 0. The maximum absolute atomic E-state index is 11.8. The number of carbonyl (C=O) groups is 1. The Morgan fingerprint density at radius 1 is 1.33 bits per heavy atom. The van der Waals surface area contributed by atoms with Crippen LogP contribution >= 0.6 is 11.3 Å². The lowest BCUT2D eigenvalue weighted by atomic mass is 10.3. The maximum Gasteiger partial charge on any atom is 0.319 e. The molecule has 0 saturated heterocycles. The van der Waals surface area contributed by atoms with E-state index < -0.39 is 0 Å². The van der Waals surface area contributed by atoms with Gasteiger partial charge in [-0.2, -0.15) is 0 Å². The largest absolute Gasteiger partial charge is 0.491 e. The van der Waals surface area contributed by atoms with Crippen LogP contribution in [0.25, 0.3) is 0 Å². The van der Waals surface area contributed by atoms with E-state index in [1.807, 2.05) is 48.7 Å². The van der Waals surface area contributed by atoms with E-state index in [0.29, 0.717) is 6.54 Å². The van der Waals surface area contributed by atoms with Crippen LogP contribution in [-0.2, 0) is 6.54 Å². The summed E-state index contributed by atoms with van der Waals surface area (Å²) in [5.41, 5.74) is 0.722. The van der Waals surface area contributed by atoms with Crippen molar-refractivity contribution in [3.63, 3.8) is 0 Å². The van der Waals surface area contributed by atoms with E-state index in [0.717, 1.165) is 22.7 Å². The summed E-state index contributed by atoms with van der Waals surface area (Å²) in [4.78, 5) is 13.0. The van der Waals surface area contributed by atoms with Crippen LogP contribution in [0.1, 0.15) is 25.1 Å². The Morgan fingerprint density at radius 2 is 2.19 bits per heavy atom. The van der Waals surface area contributed by atoms with Crippen LogP contribution in [0.2, 0.25) is 0 Å². The summed E-state index contributed by atoms with van der Waals surface area (Å²) < 4.78 is 5.73. The number of hydrogen-bond donors (Lipinski definition) is 2. The fourth-order valence-corrected chi connectivity index (χ4v) is 2.36. The molecule has 0 aliphatic carbocycles. The molecule has 0 spiro atoms. The number of hydrogen-bond acceptors (Lipinski definition) is 3. The van der Waals surface area contributed by atoms with Crippen molar-refractivity contribution >= 4 is 23.1 Å². The molecule has 0 radical (unpaired) electrons. The lowest BCUT2D eigenvalue weighted by Crippen LogP contribution is -2.27. The van der Waals surface area contributed by atoms with Crippen LogP contribution in [0, 0.1) is 0 Å². The molecule has 1 aromatic heterocycles. The minimum atomic E-state index is -0.218. The quantitative estimate of drug-likeness (QED) is 0.838. The molecule has 2 N–H and O–H groups in total. The van der Waals surface area contributed by atoms with Crippen molar-refractivity contribution in [3.05, 3.63) is 46.7 Å². The topological polar surface area (TPSA) is 50.4 Å². The summed E-state index contributed by atoms with van der Waals surface area (Å²) in [6, 6.07) is 11.2. The van der Waals surface area contributed by atoms with Gasteiger partial charge in [-0.25, -0.2) is 4.79 Å².